The summed E-state index contributed by atoms with van der Waals surface area (Å²) in [6, 6.07) is 11.0. The number of hydrogen-bond acceptors (Lipinski definition) is 6. The number of imide groups is 1. The Balaban J connectivity index is 2.30. The van der Waals surface area contributed by atoms with Gasteiger partial charge in [0.1, 0.15) is 11.3 Å². The molecule has 0 saturated carbocycles. The molecule has 2 aromatic carbocycles. The van der Waals surface area contributed by atoms with Crippen LogP contribution in [0.25, 0.3) is 10.9 Å². The Kier molecular flexibility index (Phi) is 8.30. The molecule has 0 saturated heterocycles. The summed E-state index contributed by atoms with van der Waals surface area (Å²) in [4.78, 5) is 53.9. The minimum absolute atomic E-state index is 0.0719. The zero-order valence-corrected chi connectivity index (χ0v) is 20.8. The Bertz CT molecular complexity index is 1330. The highest BCUT2D eigenvalue weighted by atomic mass is 35.5. The second-order valence-electron chi connectivity index (χ2n) is 7.94. The van der Waals surface area contributed by atoms with E-state index in [0.717, 1.165) is 4.90 Å². The molecule has 0 bridgehead atoms. The van der Waals surface area contributed by atoms with Gasteiger partial charge in [0.2, 0.25) is 5.91 Å². The molecule has 35 heavy (non-hydrogen) atoms. The Labute approximate surface area is 208 Å². The summed E-state index contributed by atoms with van der Waals surface area (Å²) in [6.45, 7) is 3.62. The van der Waals surface area contributed by atoms with E-state index in [4.69, 9.17) is 21.1 Å². The van der Waals surface area contributed by atoms with Gasteiger partial charge in [-0.05, 0) is 55.3 Å². The monoisotopic (exact) mass is 498 g/mol. The number of esters is 1. The van der Waals surface area contributed by atoms with Crippen LogP contribution < -0.4 is 19.9 Å². The third-order valence-electron chi connectivity index (χ3n) is 5.44. The summed E-state index contributed by atoms with van der Waals surface area (Å²) < 4.78 is 12.0. The second-order valence-corrected chi connectivity index (χ2v) is 8.37. The number of pyridine rings is 1. The Morgan fingerprint density at radius 2 is 1.66 bits per heavy atom. The van der Waals surface area contributed by atoms with E-state index in [1.54, 1.807) is 43.3 Å². The Morgan fingerprint density at radius 1 is 1.00 bits per heavy atom. The van der Waals surface area contributed by atoms with E-state index in [1.807, 2.05) is 6.92 Å². The van der Waals surface area contributed by atoms with Crippen LogP contribution in [0.15, 0.2) is 47.3 Å². The van der Waals surface area contributed by atoms with E-state index < -0.39 is 28.9 Å². The third kappa shape index (κ3) is 5.38. The Hall–Kier alpha value is -3.65. The number of aromatic nitrogens is 1. The molecule has 0 N–H and O–H groups in total. The van der Waals surface area contributed by atoms with Crippen molar-refractivity contribution in [3.63, 3.8) is 0 Å². The average Bonchev–Trinajstić information content (AvgIpc) is 2.83. The molecule has 2 amide bonds. The lowest BCUT2D eigenvalue weighted by molar-refractivity contribution is -0.134. The standard InChI is InChI=1S/C26H27ClN2O6/c1-5-7-21(30)29(17-10-12-18(34-4)13-11-17)26(33)23-24(35-22(31)8-6-2)19-15-16(27)9-14-20(19)28(3)25(23)32/h9-15H,5-8H2,1-4H3. The van der Waals surface area contributed by atoms with Gasteiger partial charge in [0.15, 0.2) is 5.75 Å². The van der Waals surface area contributed by atoms with Crippen molar-refractivity contribution in [2.45, 2.75) is 39.5 Å². The Morgan fingerprint density at radius 3 is 2.26 bits per heavy atom. The van der Waals surface area contributed by atoms with Crippen molar-refractivity contribution in [3.8, 4) is 11.5 Å². The van der Waals surface area contributed by atoms with Gasteiger partial charge in [-0.2, -0.15) is 0 Å². The molecular formula is C26H27ClN2O6. The molecule has 0 unspecified atom stereocenters. The van der Waals surface area contributed by atoms with E-state index in [1.165, 1.54) is 24.8 Å². The molecular weight excluding hydrogens is 472 g/mol. The number of anilines is 1. The number of halogens is 1. The van der Waals surface area contributed by atoms with Gasteiger partial charge >= 0.3 is 5.97 Å². The van der Waals surface area contributed by atoms with Crippen LogP contribution in [0.3, 0.4) is 0 Å². The van der Waals surface area contributed by atoms with Crippen molar-refractivity contribution < 1.29 is 23.9 Å². The maximum atomic E-state index is 13.9. The van der Waals surface area contributed by atoms with Gasteiger partial charge in [0.25, 0.3) is 11.5 Å². The molecule has 0 aliphatic heterocycles. The molecule has 0 aliphatic rings. The van der Waals surface area contributed by atoms with Crippen molar-refractivity contribution in [2.75, 3.05) is 12.0 Å². The molecule has 1 aromatic heterocycles. The first-order chi connectivity index (χ1) is 16.7. The van der Waals surface area contributed by atoms with E-state index in [0.29, 0.717) is 34.5 Å². The summed E-state index contributed by atoms with van der Waals surface area (Å²) in [5, 5.41) is 0.640. The summed E-state index contributed by atoms with van der Waals surface area (Å²) in [5.41, 5.74) is -0.446. The van der Waals surface area contributed by atoms with Gasteiger partial charge in [0, 0.05) is 30.3 Å². The van der Waals surface area contributed by atoms with Crippen molar-refractivity contribution in [2.24, 2.45) is 7.05 Å². The quantitative estimate of drug-likeness (QED) is 0.411. The molecule has 0 aliphatic carbocycles. The molecule has 184 valence electrons. The van der Waals surface area contributed by atoms with Crippen molar-refractivity contribution >= 4 is 46.0 Å². The molecule has 0 radical (unpaired) electrons. The van der Waals surface area contributed by atoms with Gasteiger partial charge in [-0.15, -0.1) is 0 Å². The number of carbonyl (C=O) groups is 3. The number of carbonyl (C=O) groups excluding carboxylic acids is 3. The van der Waals surface area contributed by atoms with Gasteiger partial charge in [0.05, 0.1) is 18.3 Å². The first-order valence-electron chi connectivity index (χ1n) is 11.3. The molecule has 0 fully saturated rings. The number of hydrogen-bond donors (Lipinski definition) is 0. The number of aryl methyl sites for hydroxylation is 1. The van der Waals surface area contributed by atoms with Crippen molar-refractivity contribution in [1.82, 2.24) is 4.57 Å². The number of benzene rings is 2. The van der Waals surface area contributed by atoms with Crippen molar-refractivity contribution in [1.29, 1.82) is 0 Å². The lowest BCUT2D eigenvalue weighted by atomic mass is 10.1. The second kappa shape index (κ2) is 11.2. The van der Waals surface area contributed by atoms with E-state index in [9.17, 15) is 19.2 Å². The minimum atomic E-state index is -0.893. The molecule has 3 rings (SSSR count). The van der Waals surface area contributed by atoms with Crippen LogP contribution in [0.4, 0.5) is 5.69 Å². The van der Waals surface area contributed by atoms with Crippen LogP contribution in [0.5, 0.6) is 11.5 Å². The fourth-order valence-corrected chi connectivity index (χ4v) is 3.87. The highest BCUT2D eigenvalue weighted by Crippen LogP contribution is 2.32. The minimum Gasteiger partial charge on any atom is -0.497 e. The van der Waals surface area contributed by atoms with E-state index >= 15 is 0 Å². The fourth-order valence-electron chi connectivity index (χ4n) is 3.70. The van der Waals surface area contributed by atoms with Crippen LogP contribution in [0.2, 0.25) is 5.02 Å². The SMILES string of the molecule is CCCC(=O)Oc1c(C(=O)N(C(=O)CCC)c2ccc(OC)cc2)c(=O)n(C)c2ccc(Cl)cc12. The molecule has 9 heteroatoms. The molecule has 3 aromatic rings. The highest BCUT2D eigenvalue weighted by Gasteiger charge is 2.32. The van der Waals surface area contributed by atoms with Gasteiger partial charge in [-0.1, -0.05) is 25.4 Å². The molecule has 0 spiro atoms. The zero-order valence-electron chi connectivity index (χ0n) is 20.1. The van der Waals surface area contributed by atoms with Crippen LogP contribution >= 0.6 is 11.6 Å². The first-order valence-corrected chi connectivity index (χ1v) is 11.7. The third-order valence-corrected chi connectivity index (χ3v) is 5.68. The van der Waals surface area contributed by atoms with Crippen LogP contribution in [0, 0.1) is 0 Å². The normalized spacial score (nSPS) is 10.8. The van der Waals surface area contributed by atoms with Crippen molar-refractivity contribution in [3.05, 3.63) is 63.4 Å². The average molecular weight is 499 g/mol. The summed E-state index contributed by atoms with van der Waals surface area (Å²) in [6.07, 6.45) is 1.16. The summed E-state index contributed by atoms with van der Waals surface area (Å²) in [7, 11) is 3.00. The van der Waals surface area contributed by atoms with Gasteiger partial charge < -0.3 is 14.0 Å². The summed E-state index contributed by atoms with van der Waals surface area (Å²) in [5.74, 6) is -1.67. The van der Waals surface area contributed by atoms with Gasteiger partial charge in [-0.3, -0.25) is 19.2 Å². The van der Waals surface area contributed by atoms with Crippen LogP contribution in [-0.2, 0) is 16.6 Å². The zero-order chi connectivity index (χ0) is 25.7. The number of ether oxygens (including phenoxy) is 2. The topological polar surface area (TPSA) is 94.9 Å². The number of methoxy groups -OCH3 is 1. The molecule has 0 atom stereocenters. The maximum Gasteiger partial charge on any atom is 0.311 e. The molecule has 8 nitrogen and oxygen atoms in total. The largest absolute Gasteiger partial charge is 0.497 e. The number of rotatable bonds is 8. The smallest absolute Gasteiger partial charge is 0.311 e. The number of amides is 2. The number of nitrogens with zero attached hydrogens (tertiary/aromatic N) is 2. The van der Waals surface area contributed by atoms with Crippen LogP contribution in [-0.4, -0.2) is 29.5 Å². The van der Waals surface area contributed by atoms with E-state index in [2.05, 4.69) is 0 Å². The molecule has 1 heterocycles. The summed E-state index contributed by atoms with van der Waals surface area (Å²) >= 11 is 6.20. The predicted molar refractivity (Wildman–Crippen MR) is 134 cm³/mol. The predicted octanol–water partition coefficient (Wildman–Crippen LogP) is 4.88. The number of fused-ring (bicyclic) bond motifs is 1. The first kappa shape index (κ1) is 26.0. The van der Waals surface area contributed by atoms with Gasteiger partial charge in [-0.25, -0.2) is 4.90 Å². The highest BCUT2D eigenvalue weighted by molar-refractivity contribution is 6.31. The maximum absolute atomic E-state index is 13.9. The lowest BCUT2D eigenvalue weighted by Crippen LogP contribution is -2.41. The lowest BCUT2D eigenvalue weighted by Gasteiger charge is -2.23. The van der Waals surface area contributed by atoms with E-state index in [-0.39, 0.29) is 24.3 Å². The fraction of sp³-hybridized carbons (Fsp3) is 0.308. The van der Waals surface area contributed by atoms with Crippen LogP contribution in [0.1, 0.15) is 49.9 Å².